The highest BCUT2D eigenvalue weighted by Crippen LogP contribution is 2.29. The Bertz CT molecular complexity index is 551. The van der Waals surface area contributed by atoms with Gasteiger partial charge < -0.3 is 5.73 Å². The Labute approximate surface area is 116 Å². The smallest absolute Gasteiger partial charge is 0.268 e. The van der Waals surface area contributed by atoms with Gasteiger partial charge in [-0.2, -0.15) is 0 Å². The molecular weight excluding hydrogens is 258 g/mol. The lowest BCUT2D eigenvalue weighted by Crippen LogP contribution is -2.12. The molecule has 19 heavy (non-hydrogen) atoms. The maximum absolute atomic E-state index is 11.5. The summed E-state index contributed by atoms with van der Waals surface area (Å²) in [5.74, 6) is -0.487. The van der Waals surface area contributed by atoms with Crippen LogP contribution < -0.4 is 5.73 Å². The van der Waals surface area contributed by atoms with E-state index in [4.69, 9.17) is 5.73 Å². The van der Waals surface area contributed by atoms with Crippen molar-refractivity contribution in [3.05, 3.63) is 35.1 Å². The van der Waals surface area contributed by atoms with Crippen molar-refractivity contribution in [3.63, 3.8) is 0 Å². The molecule has 1 amide bonds. The fourth-order valence-corrected chi connectivity index (χ4v) is 2.92. The molecule has 0 saturated carbocycles. The van der Waals surface area contributed by atoms with Gasteiger partial charge in [0.2, 0.25) is 0 Å². The number of carbonyl (C=O) groups excluding carboxylic acids is 1. The largest absolute Gasteiger partial charge is 0.364 e. The van der Waals surface area contributed by atoms with Gasteiger partial charge in [0, 0.05) is 6.20 Å². The highest BCUT2D eigenvalue weighted by atomic mass is 32.1. The molecule has 0 fully saturated rings. The Kier molecular flexibility index (Phi) is 4.63. The van der Waals surface area contributed by atoms with Crippen LogP contribution >= 0.6 is 11.3 Å². The first kappa shape index (κ1) is 13.7. The molecule has 2 N–H and O–H groups in total. The van der Waals surface area contributed by atoms with E-state index in [1.54, 1.807) is 6.20 Å². The lowest BCUT2D eigenvalue weighted by molar-refractivity contribution is 0.0996. The van der Waals surface area contributed by atoms with Crippen LogP contribution in [0.4, 0.5) is 0 Å². The zero-order valence-corrected chi connectivity index (χ0v) is 11.7. The predicted molar refractivity (Wildman–Crippen MR) is 77.1 cm³/mol. The summed E-state index contributed by atoms with van der Waals surface area (Å²) in [4.78, 5) is 20.9. The number of pyridine rings is 1. The van der Waals surface area contributed by atoms with Gasteiger partial charge in [0.05, 0.1) is 15.6 Å². The molecular formula is C14H17N3OS. The minimum absolute atomic E-state index is 0.343. The zero-order chi connectivity index (χ0) is 13.7. The van der Waals surface area contributed by atoms with Crippen LogP contribution in [0.5, 0.6) is 0 Å². The van der Waals surface area contributed by atoms with Crippen LogP contribution in [-0.4, -0.2) is 15.9 Å². The number of hydrogen-bond donors (Lipinski definition) is 1. The Balaban J connectivity index is 2.29. The summed E-state index contributed by atoms with van der Waals surface area (Å²) < 4.78 is 0. The SMILES string of the molecule is CCCCCc1nc(C(N)=O)c(-c2ccccn2)s1. The molecule has 0 aliphatic rings. The topological polar surface area (TPSA) is 68.9 Å². The molecule has 5 heteroatoms. The van der Waals surface area contributed by atoms with Gasteiger partial charge in [-0.3, -0.25) is 9.78 Å². The minimum atomic E-state index is -0.487. The summed E-state index contributed by atoms with van der Waals surface area (Å²) in [5, 5.41) is 0.961. The maximum Gasteiger partial charge on any atom is 0.268 e. The normalized spacial score (nSPS) is 10.6. The van der Waals surface area contributed by atoms with Crippen molar-refractivity contribution < 1.29 is 4.79 Å². The minimum Gasteiger partial charge on any atom is -0.364 e. The molecule has 4 nitrogen and oxygen atoms in total. The molecule has 2 heterocycles. The molecule has 2 aromatic rings. The molecule has 0 aliphatic heterocycles. The monoisotopic (exact) mass is 275 g/mol. The Morgan fingerprint density at radius 1 is 1.37 bits per heavy atom. The Hall–Kier alpha value is -1.75. The number of primary amides is 1. The summed E-state index contributed by atoms with van der Waals surface area (Å²) >= 11 is 1.52. The van der Waals surface area contributed by atoms with Gasteiger partial charge in [0.1, 0.15) is 5.69 Å². The Morgan fingerprint density at radius 2 is 2.21 bits per heavy atom. The first-order valence-corrected chi connectivity index (χ1v) is 7.25. The summed E-state index contributed by atoms with van der Waals surface area (Å²) in [6.45, 7) is 2.16. The average molecular weight is 275 g/mol. The molecule has 0 radical (unpaired) electrons. The lowest BCUT2D eigenvalue weighted by atomic mass is 10.2. The lowest BCUT2D eigenvalue weighted by Gasteiger charge is -1.96. The van der Waals surface area contributed by atoms with Crippen molar-refractivity contribution in [1.82, 2.24) is 9.97 Å². The van der Waals surface area contributed by atoms with Crippen LogP contribution in [-0.2, 0) is 6.42 Å². The van der Waals surface area contributed by atoms with Crippen LogP contribution in [0.3, 0.4) is 0 Å². The van der Waals surface area contributed by atoms with Crippen molar-refractivity contribution in [2.75, 3.05) is 0 Å². The molecule has 0 atom stereocenters. The van der Waals surface area contributed by atoms with E-state index in [0.29, 0.717) is 5.69 Å². The molecule has 0 aromatic carbocycles. The van der Waals surface area contributed by atoms with E-state index in [0.717, 1.165) is 28.4 Å². The first-order chi connectivity index (χ1) is 9.22. The average Bonchev–Trinajstić information content (AvgIpc) is 2.84. The molecule has 2 aromatic heterocycles. The van der Waals surface area contributed by atoms with Crippen molar-refractivity contribution in [2.45, 2.75) is 32.6 Å². The summed E-state index contributed by atoms with van der Waals surface area (Å²) in [5.41, 5.74) is 6.50. The quantitative estimate of drug-likeness (QED) is 0.824. The fraction of sp³-hybridized carbons (Fsp3) is 0.357. The first-order valence-electron chi connectivity index (χ1n) is 6.43. The standard InChI is InChI=1S/C14H17N3OS/c1-2-3-4-8-11-17-12(14(15)18)13(19-11)10-7-5-6-9-16-10/h5-7,9H,2-4,8H2,1H3,(H2,15,18). The number of nitrogens with zero attached hydrogens (tertiary/aromatic N) is 2. The van der Waals surface area contributed by atoms with Gasteiger partial charge in [-0.25, -0.2) is 4.98 Å². The third-order valence-corrected chi connectivity index (χ3v) is 3.93. The van der Waals surface area contributed by atoms with Crippen molar-refractivity contribution in [2.24, 2.45) is 5.73 Å². The molecule has 100 valence electrons. The number of nitrogens with two attached hydrogens (primary N) is 1. The molecule has 0 saturated heterocycles. The number of amides is 1. The van der Waals surface area contributed by atoms with Crippen LogP contribution in [0, 0.1) is 0 Å². The number of hydrogen-bond acceptors (Lipinski definition) is 4. The maximum atomic E-state index is 11.5. The molecule has 0 aliphatic carbocycles. The van der Waals surface area contributed by atoms with E-state index >= 15 is 0 Å². The van der Waals surface area contributed by atoms with E-state index in [9.17, 15) is 4.79 Å². The highest BCUT2D eigenvalue weighted by molar-refractivity contribution is 7.15. The van der Waals surface area contributed by atoms with Gasteiger partial charge in [-0.1, -0.05) is 25.8 Å². The number of carbonyl (C=O) groups is 1. The summed E-state index contributed by atoms with van der Waals surface area (Å²) in [6.07, 6.45) is 6.03. The van der Waals surface area contributed by atoms with Gasteiger partial charge in [0.15, 0.2) is 0 Å². The van der Waals surface area contributed by atoms with Crippen molar-refractivity contribution >= 4 is 17.2 Å². The van der Waals surface area contributed by atoms with Crippen LogP contribution in [0.25, 0.3) is 10.6 Å². The van der Waals surface area contributed by atoms with Gasteiger partial charge in [0.25, 0.3) is 5.91 Å². The number of thiazole rings is 1. The fourth-order valence-electron chi connectivity index (χ4n) is 1.84. The van der Waals surface area contributed by atoms with Crippen LogP contribution in [0.2, 0.25) is 0 Å². The summed E-state index contributed by atoms with van der Waals surface area (Å²) in [6, 6.07) is 5.61. The van der Waals surface area contributed by atoms with Gasteiger partial charge >= 0.3 is 0 Å². The second-order valence-corrected chi connectivity index (χ2v) is 5.41. The predicted octanol–water partition coefficient (Wildman–Crippen LogP) is 3.04. The molecule has 0 bridgehead atoms. The van der Waals surface area contributed by atoms with E-state index < -0.39 is 5.91 Å². The second-order valence-electron chi connectivity index (χ2n) is 4.32. The number of aryl methyl sites for hydroxylation is 1. The van der Waals surface area contributed by atoms with E-state index in [1.165, 1.54) is 24.2 Å². The van der Waals surface area contributed by atoms with Gasteiger partial charge in [-0.05, 0) is 25.0 Å². The molecule has 2 rings (SSSR count). The summed E-state index contributed by atoms with van der Waals surface area (Å²) in [7, 11) is 0. The Morgan fingerprint density at radius 3 is 2.84 bits per heavy atom. The van der Waals surface area contributed by atoms with Crippen molar-refractivity contribution in [1.29, 1.82) is 0 Å². The van der Waals surface area contributed by atoms with Crippen molar-refractivity contribution in [3.8, 4) is 10.6 Å². The third-order valence-electron chi connectivity index (χ3n) is 2.80. The molecule has 0 unspecified atom stereocenters. The number of unbranched alkanes of at least 4 members (excludes halogenated alkanes) is 2. The highest BCUT2D eigenvalue weighted by Gasteiger charge is 2.17. The molecule has 0 spiro atoms. The van der Waals surface area contributed by atoms with Crippen LogP contribution in [0.15, 0.2) is 24.4 Å². The van der Waals surface area contributed by atoms with E-state index in [2.05, 4.69) is 16.9 Å². The number of rotatable bonds is 6. The van der Waals surface area contributed by atoms with Gasteiger partial charge in [-0.15, -0.1) is 11.3 Å². The second kappa shape index (κ2) is 6.43. The zero-order valence-electron chi connectivity index (χ0n) is 10.9. The third kappa shape index (κ3) is 3.38. The number of aromatic nitrogens is 2. The van der Waals surface area contributed by atoms with E-state index in [-0.39, 0.29) is 0 Å². The van der Waals surface area contributed by atoms with Crippen LogP contribution in [0.1, 0.15) is 41.7 Å². The van der Waals surface area contributed by atoms with E-state index in [1.807, 2.05) is 18.2 Å².